The summed E-state index contributed by atoms with van der Waals surface area (Å²) in [6, 6.07) is 10.0. The van der Waals surface area contributed by atoms with Crippen molar-refractivity contribution in [3.05, 3.63) is 47.1 Å². The molecule has 0 radical (unpaired) electrons. The third-order valence-electron chi connectivity index (χ3n) is 3.48. The molecule has 96 valence electrons. The van der Waals surface area contributed by atoms with Crippen LogP contribution in [0.5, 0.6) is 0 Å². The fourth-order valence-electron chi connectivity index (χ4n) is 2.45. The van der Waals surface area contributed by atoms with E-state index >= 15 is 0 Å². The van der Waals surface area contributed by atoms with Gasteiger partial charge in [0.05, 0.1) is 0 Å². The van der Waals surface area contributed by atoms with Gasteiger partial charge in [-0.15, -0.1) is 0 Å². The van der Waals surface area contributed by atoms with Gasteiger partial charge in [-0.1, -0.05) is 60.1 Å². The zero-order valence-corrected chi connectivity index (χ0v) is 12.1. The monoisotopic (exact) mass is 309 g/mol. The Labute approximate surface area is 116 Å². The Morgan fingerprint density at radius 2 is 2.06 bits per heavy atom. The number of benzene rings is 1. The molecule has 0 aliphatic carbocycles. The van der Waals surface area contributed by atoms with Gasteiger partial charge in [-0.25, -0.2) is 4.79 Å². The van der Waals surface area contributed by atoms with Crippen LogP contribution in [-0.4, -0.2) is 17.6 Å². The zero-order chi connectivity index (χ0) is 13.2. The van der Waals surface area contributed by atoms with Crippen molar-refractivity contribution in [2.24, 2.45) is 5.92 Å². The number of carbonyl (C=O) groups excluding carboxylic acids is 1. The van der Waals surface area contributed by atoms with Gasteiger partial charge in [0.2, 0.25) is 0 Å². The Bertz CT molecular complexity index is 458. The van der Waals surface area contributed by atoms with Crippen molar-refractivity contribution in [2.75, 3.05) is 6.61 Å². The normalized spacial score (nSPS) is 24.0. The van der Waals surface area contributed by atoms with E-state index in [1.54, 1.807) is 16.1 Å². The molecule has 0 aromatic heterocycles. The third kappa shape index (κ3) is 1.94. The van der Waals surface area contributed by atoms with Gasteiger partial charge in [-0.2, -0.15) is 0 Å². The maximum Gasteiger partial charge on any atom is 0.414 e. The number of hydrogen-bond acceptors (Lipinski definition) is 2. The van der Waals surface area contributed by atoms with Crippen molar-refractivity contribution >= 4 is 22.0 Å². The molecule has 3 nitrogen and oxygen atoms in total. The number of amides is 1. The molecule has 1 amide bonds. The first-order chi connectivity index (χ1) is 8.63. The van der Waals surface area contributed by atoms with Crippen LogP contribution in [0.1, 0.15) is 19.4 Å². The lowest BCUT2D eigenvalue weighted by molar-refractivity contribution is 0.152. The lowest BCUT2D eigenvalue weighted by Crippen LogP contribution is -2.45. The second kappa shape index (κ2) is 5.14. The van der Waals surface area contributed by atoms with E-state index in [2.05, 4.69) is 29.8 Å². The summed E-state index contributed by atoms with van der Waals surface area (Å²) in [5.74, 6) is 0.245. The first-order valence-electron chi connectivity index (χ1n) is 5.91. The number of rotatable bonds is 3. The van der Waals surface area contributed by atoms with Crippen molar-refractivity contribution < 1.29 is 9.53 Å². The minimum atomic E-state index is -0.428. The minimum Gasteiger partial charge on any atom is -0.446 e. The number of carbonyl (C=O) groups is 1. The van der Waals surface area contributed by atoms with E-state index in [-0.39, 0.29) is 12.0 Å². The Kier molecular flexibility index (Phi) is 3.76. The van der Waals surface area contributed by atoms with Gasteiger partial charge >= 0.3 is 6.09 Å². The molecule has 1 heterocycles. The topological polar surface area (TPSA) is 29.5 Å². The first kappa shape index (κ1) is 13.1. The number of hydrogen-bond donors (Lipinski definition) is 0. The molecule has 1 fully saturated rings. The molecule has 18 heavy (non-hydrogen) atoms. The fourth-order valence-corrected chi connectivity index (χ4v) is 2.69. The average Bonchev–Trinajstić information content (AvgIpc) is 2.70. The molecule has 0 N–H and O–H groups in total. The maximum absolute atomic E-state index is 11.9. The predicted molar refractivity (Wildman–Crippen MR) is 74.2 cm³/mol. The van der Waals surface area contributed by atoms with Crippen LogP contribution in [0.2, 0.25) is 0 Å². The standard InChI is InChI=1S/C14H16BrNO2/c1-11(2)14(12-6-4-3-5-7-12)10-18-13(17)16(14)9-8-15/h3-9,11H,10H2,1-2H3/b9-8-/t14-/m1/s1. The second-order valence-electron chi connectivity index (χ2n) is 4.64. The van der Waals surface area contributed by atoms with Crippen molar-refractivity contribution in [3.8, 4) is 0 Å². The van der Waals surface area contributed by atoms with Gasteiger partial charge in [0.25, 0.3) is 0 Å². The Morgan fingerprint density at radius 3 is 2.61 bits per heavy atom. The number of ether oxygens (including phenoxy) is 1. The second-order valence-corrected chi connectivity index (χ2v) is 5.17. The van der Waals surface area contributed by atoms with Crippen LogP contribution in [-0.2, 0) is 10.3 Å². The summed E-state index contributed by atoms with van der Waals surface area (Å²) in [5.41, 5.74) is 0.666. The lowest BCUT2D eigenvalue weighted by atomic mass is 9.80. The fraction of sp³-hybridized carbons (Fsp3) is 0.357. The summed E-state index contributed by atoms with van der Waals surface area (Å²) in [6.45, 7) is 4.58. The number of cyclic esters (lactones) is 1. The molecule has 0 saturated carbocycles. The third-order valence-corrected chi connectivity index (χ3v) is 3.71. The highest BCUT2D eigenvalue weighted by atomic mass is 79.9. The molecule has 0 unspecified atom stereocenters. The van der Waals surface area contributed by atoms with Gasteiger partial charge in [-0.05, 0) is 16.5 Å². The summed E-state index contributed by atoms with van der Waals surface area (Å²) >= 11 is 3.23. The number of halogens is 1. The lowest BCUT2D eigenvalue weighted by Gasteiger charge is -2.37. The van der Waals surface area contributed by atoms with Crippen LogP contribution in [0, 0.1) is 5.92 Å². The average molecular weight is 310 g/mol. The molecule has 1 aromatic carbocycles. The molecule has 0 spiro atoms. The van der Waals surface area contributed by atoms with Gasteiger partial charge in [0.1, 0.15) is 12.1 Å². The SMILES string of the molecule is CC(C)[C@@]1(c2ccccc2)COC(=O)N1/C=C\Br. The maximum atomic E-state index is 11.9. The van der Waals surface area contributed by atoms with Crippen molar-refractivity contribution in [1.29, 1.82) is 0 Å². The van der Waals surface area contributed by atoms with Crippen LogP contribution in [0.15, 0.2) is 41.5 Å². The molecule has 2 rings (SSSR count). The highest BCUT2D eigenvalue weighted by Crippen LogP contribution is 2.41. The summed E-state index contributed by atoms with van der Waals surface area (Å²) in [7, 11) is 0. The van der Waals surface area contributed by atoms with Crippen molar-refractivity contribution in [3.63, 3.8) is 0 Å². The van der Waals surface area contributed by atoms with E-state index in [1.165, 1.54) is 0 Å². The molecule has 1 aliphatic heterocycles. The summed E-state index contributed by atoms with van der Waals surface area (Å²) in [5, 5.41) is 0. The molecule has 1 atom stereocenters. The summed E-state index contributed by atoms with van der Waals surface area (Å²) in [6.07, 6.45) is 1.42. The van der Waals surface area contributed by atoms with Crippen molar-refractivity contribution in [2.45, 2.75) is 19.4 Å². The highest BCUT2D eigenvalue weighted by molar-refractivity contribution is 9.11. The van der Waals surface area contributed by atoms with E-state index in [0.29, 0.717) is 6.61 Å². The smallest absolute Gasteiger partial charge is 0.414 e. The Hall–Kier alpha value is -1.29. The highest BCUT2D eigenvalue weighted by Gasteiger charge is 2.50. The Morgan fingerprint density at radius 1 is 1.39 bits per heavy atom. The van der Waals surface area contributed by atoms with Crippen LogP contribution >= 0.6 is 15.9 Å². The van der Waals surface area contributed by atoms with Gasteiger partial charge < -0.3 is 4.74 Å². The van der Waals surface area contributed by atoms with E-state index in [4.69, 9.17) is 4.74 Å². The molecule has 1 aliphatic rings. The van der Waals surface area contributed by atoms with E-state index in [1.807, 2.05) is 30.3 Å². The number of nitrogens with zero attached hydrogens (tertiary/aromatic N) is 1. The molecule has 1 saturated heterocycles. The molecule has 4 heteroatoms. The molecular formula is C14H16BrNO2. The minimum absolute atomic E-state index is 0.245. The largest absolute Gasteiger partial charge is 0.446 e. The van der Waals surface area contributed by atoms with Crippen molar-refractivity contribution in [1.82, 2.24) is 4.90 Å². The predicted octanol–water partition coefficient (Wildman–Crippen LogP) is 3.86. The van der Waals surface area contributed by atoms with Crippen LogP contribution < -0.4 is 0 Å². The van der Waals surface area contributed by atoms with Crippen LogP contribution in [0.25, 0.3) is 0 Å². The van der Waals surface area contributed by atoms with Crippen LogP contribution in [0.4, 0.5) is 4.79 Å². The van der Waals surface area contributed by atoms with E-state index in [9.17, 15) is 4.79 Å². The molecule has 1 aromatic rings. The van der Waals surface area contributed by atoms with Gasteiger partial charge in [0, 0.05) is 6.20 Å². The summed E-state index contributed by atoms with van der Waals surface area (Å²) < 4.78 is 5.26. The van der Waals surface area contributed by atoms with Gasteiger partial charge in [0.15, 0.2) is 0 Å². The molecular weight excluding hydrogens is 294 g/mol. The zero-order valence-electron chi connectivity index (χ0n) is 10.5. The first-order valence-corrected chi connectivity index (χ1v) is 6.83. The molecule has 0 bridgehead atoms. The van der Waals surface area contributed by atoms with E-state index in [0.717, 1.165) is 5.56 Å². The Balaban J connectivity index is 2.54. The van der Waals surface area contributed by atoms with E-state index < -0.39 is 5.54 Å². The van der Waals surface area contributed by atoms with Crippen LogP contribution in [0.3, 0.4) is 0 Å². The quantitative estimate of drug-likeness (QED) is 0.848. The summed E-state index contributed by atoms with van der Waals surface area (Å²) in [4.78, 5) is 15.2. The van der Waals surface area contributed by atoms with Gasteiger partial charge in [-0.3, -0.25) is 4.90 Å².